The summed E-state index contributed by atoms with van der Waals surface area (Å²) in [4.78, 5) is 3.14. The summed E-state index contributed by atoms with van der Waals surface area (Å²) in [6.07, 6.45) is 1.88. The molecule has 0 bridgehead atoms. The molecule has 2 nitrogen and oxygen atoms in total. The normalized spacial score (nSPS) is 14.4. The first-order valence-corrected chi connectivity index (χ1v) is 7.41. The van der Waals surface area contributed by atoms with Crippen molar-refractivity contribution in [3.8, 4) is 0 Å². The van der Waals surface area contributed by atoms with Crippen LogP contribution in [0.4, 0.5) is 0 Å². The number of benzene rings is 2. The Morgan fingerprint density at radius 3 is 2.70 bits per heavy atom. The van der Waals surface area contributed by atoms with E-state index in [0.29, 0.717) is 10.6 Å². The highest BCUT2D eigenvalue weighted by atomic mass is 79.9. The van der Waals surface area contributed by atoms with Gasteiger partial charge in [-0.15, -0.1) is 0 Å². The van der Waals surface area contributed by atoms with Gasteiger partial charge in [0.1, 0.15) is 5.60 Å². The van der Waals surface area contributed by atoms with Crippen LogP contribution in [-0.4, -0.2) is 10.1 Å². The lowest BCUT2D eigenvalue weighted by atomic mass is 9.87. The highest BCUT2D eigenvalue weighted by Gasteiger charge is 2.28. The molecule has 1 atom stereocenters. The Kier molecular flexibility index (Phi) is 3.36. The molecule has 1 heterocycles. The van der Waals surface area contributed by atoms with Gasteiger partial charge in [-0.2, -0.15) is 0 Å². The van der Waals surface area contributed by atoms with Crippen molar-refractivity contribution in [1.29, 1.82) is 0 Å². The SMILES string of the molecule is CC(O)(c1ccc2[nH]ccc2c1)c1ccc(Br)cc1Cl. The van der Waals surface area contributed by atoms with Crippen molar-refractivity contribution in [3.05, 3.63) is 69.3 Å². The smallest absolute Gasteiger partial charge is 0.113 e. The average molecular weight is 351 g/mol. The third-order valence-corrected chi connectivity index (χ3v) is 4.38. The van der Waals surface area contributed by atoms with Crippen LogP contribution in [0.5, 0.6) is 0 Å². The molecule has 0 aliphatic rings. The molecule has 0 saturated carbocycles. The zero-order valence-corrected chi connectivity index (χ0v) is 13.2. The van der Waals surface area contributed by atoms with Crippen LogP contribution < -0.4 is 0 Å². The number of hydrogen-bond acceptors (Lipinski definition) is 1. The molecule has 0 aliphatic heterocycles. The summed E-state index contributed by atoms with van der Waals surface area (Å²) >= 11 is 9.64. The van der Waals surface area contributed by atoms with Gasteiger partial charge in [0.2, 0.25) is 0 Å². The number of hydrogen-bond donors (Lipinski definition) is 2. The predicted octanol–water partition coefficient (Wildman–Crippen LogP) is 4.84. The lowest BCUT2D eigenvalue weighted by Crippen LogP contribution is -2.23. The van der Waals surface area contributed by atoms with E-state index >= 15 is 0 Å². The van der Waals surface area contributed by atoms with Crippen LogP contribution in [0.25, 0.3) is 10.9 Å². The summed E-state index contributed by atoms with van der Waals surface area (Å²) in [5.41, 5.74) is 1.42. The Morgan fingerprint density at radius 1 is 1.15 bits per heavy atom. The minimum Gasteiger partial charge on any atom is -0.381 e. The maximum Gasteiger partial charge on any atom is 0.113 e. The summed E-state index contributed by atoms with van der Waals surface area (Å²) < 4.78 is 0.892. The predicted molar refractivity (Wildman–Crippen MR) is 86.1 cm³/mol. The number of fused-ring (bicyclic) bond motifs is 1. The van der Waals surface area contributed by atoms with Gasteiger partial charge in [-0.3, -0.25) is 0 Å². The second kappa shape index (κ2) is 4.92. The van der Waals surface area contributed by atoms with E-state index in [1.54, 1.807) is 13.0 Å². The third-order valence-electron chi connectivity index (χ3n) is 3.57. The van der Waals surface area contributed by atoms with E-state index in [2.05, 4.69) is 20.9 Å². The second-order valence-electron chi connectivity index (χ2n) is 4.98. The molecular formula is C16H13BrClNO. The van der Waals surface area contributed by atoms with Crippen LogP contribution in [0.3, 0.4) is 0 Å². The molecule has 0 saturated heterocycles. The van der Waals surface area contributed by atoms with Crippen LogP contribution in [0.15, 0.2) is 53.1 Å². The minimum atomic E-state index is -1.14. The van der Waals surface area contributed by atoms with E-state index in [9.17, 15) is 5.11 Å². The molecule has 20 heavy (non-hydrogen) atoms. The first-order valence-electron chi connectivity index (χ1n) is 6.24. The van der Waals surface area contributed by atoms with Crippen LogP contribution in [0.2, 0.25) is 5.02 Å². The molecule has 2 aromatic carbocycles. The maximum atomic E-state index is 10.9. The van der Waals surface area contributed by atoms with Crippen molar-refractivity contribution in [1.82, 2.24) is 4.98 Å². The Bertz CT molecular complexity index is 779. The average Bonchev–Trinajstić information content (AvgIpc) is 2.85. The van der Waals surface area contributed by atoms with Gasteiger partial charge in [0.05, 0.1) is 0 Å². The van der Waals surface area contributed by atoms with E-state index in [4.69, 9.17) is 11.6 Å². The van der Waals surface area contributed by atoms with Crippen LogP contribution in [-0.2, 0) is 5.60 Å². The molecule has 1 aromatic heterocycles. The summed E-state index contributed by atoms with van der Waals surface area (Å²) in [7, 11) is 0. The first-order chi connectivity index (χ1) is 9.48. The zero-order valence-electron chi connectivity index (χ0n) is 10.8. The largest absolute Gasteiger partial charge is 0.381 e. The Labute approximate surface area is 130 Å². The van der Waals surface area contributed by atoms with Crippen molar-refractivity contribution in [3.63, 3.8) is 0 Å². The van der Waals surface area contributed by atoms with Crippen LogP contribution >= 0.6 is 27.5 Å². The van der Waals surface area contributed by atoms with E-state index in [1.807, 2.05) is 42.6 Å². The summed E-state index contributed by atoms with van der Waals surface area (Å²) in [6, 6.07) is 13.4. The molecule has 0 amide bonds. The molecular weight excluding hydrogens is 338 g/mol. The molecule has 1 unspecified atom stereocenters. The third kappa shape index (κ3) is 2.26. The molecule has 2 N–H and O–H groups in total. The number of rotatable bonds is 2. The number of aromatic amines is 1. The molecule has 0 spiro atoms. The quantitative estimate of drug-likeness (QED) is 0.681. The number of aliphatic hydroxyl groups is 1. The molecule has 3 aromatic rings. The fourth-order valence-corrected chi connectivity index (χ4v) is 3.25. The molecule has 3 rings (SSSR count). The van der Waals surface area contributed by atoms with Crippen LogP contribution in [0, 0.1) is 0 Å². The monoisotopic (exact) mass is 349 g/mol. The minimum absolute atomic E-state index is 0.540. The number of nitrogens with one attached hydrogen (secondary N) is 1. The van der Waals surface area contributed by atoms with Crippen LogP contribution in [0.1, 0.15) is 18.1 Å². The summed E-state index contributed by atoms with van der Waals surface area (Å²) in [6.45, 7) is 1.76. The van der Waals surface area contributed by atoms with Gasteiger partial charge >= 0.3 is 0 Å². The number of halogens is 2. The highest BCUT2D eigenvalue weighted by molar-refractivity contribution is 9.10. The number of aromatic nitrogens is 1. The lowest BCUT2D eigenvalue weighted by Gasteiger charge is -2.26. The van der Waals surface area contributed by atoms with Crippen molar-refractivity contribution in [2.24, 2.45) is 0 Å². The molecule has 4 heteroatoms. The van der Waals surface area contributed by atoms with Gasteiger partial charge in [0, 0.05) is 26.8 Å². The Morgan fingerprint density at radius 2 is 1.95 bits per heavy atom. The van der Waals surface area contributed by atoms with Crippen molar-refractivity contribution in [2.45, 2.75) is 12.5 Å². The molecule has 0 radical (unpaired) electrons. The maximum absolute atomic E-state index is 10.9. The van der Waals surface area contributed by atoms with Crippen molar-refractivity contribution >= 4 is 38.4 Å². The fraction of sp³-hybridized carbons (Fsp3) is 0.125. The Hall–Kier alpha value is -1.29. The Balaban J connectivity index is 2.14. The highest BCUT2D eigenvalue weighted by Crippen LogP contribution is 2.36. The summed E-state index contributed by atoms with van der Waals surface area (Å²) in [5.74, 6) is 0. The van der Waals surface area contributed by atoms with Gasteiger partial charge in [0.25, 0.3) is 0 Å². The van der Waals surface area contributed by atoms with E-state index in [-0.39, 0.29) is 0 Å². The van der Waals surface area contributed by atoms with Gasteiger partial charge in [-0.1, -0.05) is 39.7 Å². The molecule has 102 valence electrons. The summed E-state index contributed by atoms with van der Waals surface area (Å²) in [5, 5.41) is 12.5. The van der Waals surface area contributed by atoms with Gasteiger partial charge in [-0.05, 0) is 48.2 Å². The molecule has 0 aliphatic carbocycles. The standard InChI is InChI=1S/C16H13BrClNO/c1-16(20,13-4-3-12(17)9-14(13)18)11-2-5-15-10(8-11)6-7-19-15/h2-9,19-20H,1H3. The zero-order chi connectivity index (χ0) is 14.3. The molecule has 0 fully saturated rings. The van der Waals surface area contributed by atoms with E-state index in [0.717, 1.165) is 20.9 Å². The topological polar surface area (TPSA) is 36.0 Å². The van der Waals surface area contributed by atoms with Crippen molar-refractivity contribution < 1.29 is 5.11 Å². The fourth-order valence-electron chi connectivity index (χ4n) is 2.40. The van der Waals surface area contributed by atoms with Gasteiger partial charge in [-0.25, -0.2) is 0 Å². The first kappa shape index (κ1) is 13.7. The van der Waals surface area contributed by atoms with Crippen molar-refractivity contribution in [2.75, 3.05) is 0 Å². The van der Waals surface area contributed by atoms with E-state index < -0.39 is 5.60 Å². The number of H-pyrrole nitrogens is 1. The van der Waals surface area contributed by atoms with Gasteiger partial charge < -0.3 is 10.1 Å². The lowest BCUT2D eigenvalue weighted by molar-refractivity contribution is 0.102. The van der Waals surface area contributed by atoms with Gasteiger partial charge in [0.15, 0.2) is 0 Å². The second-order valence-corrected chi connectivity index (χ2v) is 6.30. The van der Waals surface area contributed by atoms with E-state index in [1.165, 1.54) is 0 Å².